The number of hydrazine groups is 1. The van der Waals surface area contributed by atoms with Crippen molar-refractivity contribution in [3.63, 3.8) is 0 Å². The Balaban J connectivity index is 1.65. The van der Waals surface area contributed by atoms with Crippen molar-refractivity contribution in [2.75, 3.05) is 20.2 Å². The molecule has 5 nitrogen and oxygen atoms in total. The fourth-order valence-corrected chi connectivity index (χ4v) is 3.88. The maximum absolute atomic E-state index is 14.2. The van der Waals surface area contributed by atoms with Crippen LogP contribution in [0.5, 0.6) is 0 Å². The standard InChI is InChI=1S/C18H26FN3O2/c1-12(7-8-17(23)24-2)22-10-9-16-14(11-22)18(21-20-16)13-5-3-4-6-15(13)19/h3-6,12,14,16,18,20-21H,7-11H2,1-2H3. The van der Waals surface area contributed by atoms with Crippen molar-refractivity contribution in [2.24, 2.45) is 5.92 Å². The van der Waals surface area contributed by atoms with Crippen molar-refractivity contribution >= 4 is 5.97 Å². The highest BCUT2D eigenvalue weighted by Crippen LogP contribution is 2.35. The first-order chi connectivity index (χ1) is 11.6. The molecule has 0 aliphatic carbocycles. The van der Waals surface area contributed by atoms with Gasteiger partial charge in [-0.25, -0.2) is 9.82 Å². The van der Waals surface area contributed by atoms with Gasteiger partial charge < -0.3 is 9.64 Å². The van der Waals surface area contributed by atoms with E-state index in [9.17, 15) is 9.18 Å². The Morgan fingerprint density at radius 1 is 1.42 bits per heavy atom. The van der Waals surface area contributed by atoms with Gasteiger partial charge in [0.1, 0.15) is 5.82 Å². The van der Waals surface area contributed by atoms with Crippen molar-refractivity contribution in [3.05, 3.63) is 35.6 Å². The van der Waals surface area contributed by atoms with Gasteiger partial charge in [0.05, 0.1) is 13.2 Å². The zero-order chi connectivity index (χ0) is 17.1. The molecule has 1 aromatic carbocycles. The van der Waals surface area contributed by atoms with Gasteiger partial charge in [-0.2, -0.15) is 0 Å². The fraction of sp³-hybridized carbons (Fsp3) is 0.611. The molecule has 24 heavy (non-hydrogen) atoms. The van der Waals surface area contributed by atoms with Crippen LogP contribution in [0.1, 0.15) is 37.8 Å². The maximum Gasteiger partial charge on any atom is 0.305 e. The molecule has 4 atom stereocenters. The number of halogens is 1. The van der Waals surface area contributed by atoms with E-state index in [0.29, 0.717) is 24.4 Å². The number of piperidine rings is 1. The number of likely N-dealkylation sites (tertiary alicyclic amines) is 1. The molecule has 0 spiro atoms. The van der Waals surface area contributed by atoms with Gasteiger partial charge in [0.2, 0.25) is 0 Å². The van der Waals surface area contributed by atoms with Crippen molar-refractivity contribution in [1.82, 2.24) is 15.8 Å². The number of methoxy groups -OCH3 is 1. The molecule has 0 bridgehead atoms. The summed E-state index contributed by atoms with van der Waals surface area (Å²) in [5.41, 5.74) is 7.34. The summed E-state index contributed by atoms with van der Waals surface area (Å²) in [5, 5.41) is 0. The Morgan fingerprint density at radius 3 is 2.96 bits per heavy atom. The Bertz CT molecular complexity index is 583. The summed E-state index contributed by atoms with van der Waals surface area (Å²) in [4.78, 5) is 13.8. The van der Waals surface area contributed by atoms with Crippen LogP contribution in [0.4, 0.5) is 4.39 Å². The molecule has 1 aromatic rings. The molecule has 2 saturated heterocycles. The van der Waals surface area contributed by atoms with Gasteiger partial charge in [0.25, 0.3) is 0 Å². The molecular formula is C18H26FN3O2. The molecule has 4 unspecified atom stereocenters. The van der Waals surface area contributed by atoms with Gasteiger partial charge in [-0.05, 0) is 32.4 Å². The maximum atomic E-state index is 14.2. The third-order valence-electron chi connectivity index (χ3n) is 5.40. The lowest BCUT2D eigenvalue weighted by Gasteiger charge is -2.39. The van der Waals surface area contributed by atoms with Gasteiger partial charge in [0.15, 0.2) is 0 Å². The van der Waals surface area contributed by atoms with E-state index in [2.05, 4.69) is 22.7 Å². The average molecular weight is 335 g/mol. The number of carbonyl (C=O) groups excluding carboxylic acids is 1. The zero-order valence-corrected chi connectivity index (χ0v) is 14.3. The van der Waals surface area contributed by atoms with E-state index in [1.54, 1.807) is 6.07 Å². The molecule has 2 fully saturated rings. The molecule has 0 saturated carbocycles. The number of nitrogens with zero attached hydrogens (tertiary/aromatic N) is 1. The van der Waals surface area contributed by atoms with Crippen LogP contribution in [-0.4, -0.2) is 43.2 Å². The molecule has 0 aromatic heterocycles. The third kappa shape index (κ3) is 3.61. The van der Waals surface area contributed by atoms with Gasteiger partial charge in [-0.15, -0.1) is 0 Å². The lowest BCUT2D eigenvalue weighted by molar-refractivity contribution is -0.141. The highest BCUT2D eigenvalue weighted by Gasteiger charge is 2.42. The van der Waals surface area contributed by atoms with Gasteiger partial charge in [-0.1, -0.05) is 18.2 Å². The smallest absolute Gasteiger partial charge is 0.305 e. The average Bonchev–Trinajstić information content (AvgIpc) is 3.02. The van der Waals surface area contributed by atoms with Crippen LogP contribution < -0.4 is 10.9 Å². The number of fused-ring (bicyclic) bond motifs is 1. The lowest BCUT2D eigenvalue weighted by atomic mass is 9.84. The van der Waals surface area contributed by atoms with Crippen LogP contribution in [0.15, 0.2) is 24.3 Å². The SMILES string of the molecule is COC(=O)CCC(C)N1CCC2NNC(c3ccccc3F)C2C1. The minimum Gasteiger partial charge on any atom is -0.469 e. The predicted molar refractivity (Wildman–Crippen MR) is 89.6 cm³/mol. The second-order valence-electron chi connectivity index (χ2n) is 6.81. The van der Waals surface area contributed by atoms with E-state index >= 15 is 0 Å². The normalized spacial score (nSPS) is 28.4. The summed E-state index contributed by atoms with van der Waals surface area (Å²) < 4.78 is 18.9. The number of hydrogen-bond donors (Lipinski definition) is 2. The van der Waals surface area contributed by atoms with E-state index in [1.807, 2.05) is 12.1 Å². The number of carbonyl (C=O) groups is 1. The zero-order valence-electron chi connectivity index (χ0n) is 14.3. The number of hydrogen-bond acceptors (Lipinski definition) is 5. The van der Waals surface area contributed by atoms with Crippen LogP contribution in [0, 0.1) is 11.7 Å². The monoisotopic (exact) mass is 335 g/mol. The first-order valence-electron chi connectivity index (χ1n) is 8.66. The van der Waals surface area contributed by atoms with Crippen molar-refractivity contribution in [2.45, 2.75) is 44.3 Å². The molecular weight excluding hydrogens is 309 g/mol. The highest BCUT2D eigenvalue weighted by atomic mass is 19.1. The Hall–Kier alpha value is -1.50. The van der Waals surface area contributed by atoms with E-state index < -0.39 is 0 Å². The minimum atomic E-state index is -0.162. The molecule has 132 valence electrons. The van der Waals surface area contributed by atoms with Crippen molar-refractivity contribution < 1.29 is 13.9 Å². The molecule has 2 aliphatic rings. The van der Waals surface area contributed by atoms with Crippen molar-refractivity contribution in [3.8, 4) is 0 Å². The second kappa shape index (κ2) is 7.59. The highest BCUT2D eigenvalue weighted by molar-refractivity contribution is 5.69. The summed E-state index contributed by atoms with van der Waals surface area (Å²) in [6.07, 6.45) is 2.25. The number of ether oxygens (including phenoxy) is 1. The molecule has 2 N–H and O–H groups in total. The Kier molecular flexibility index (Phi) is 5.48. The summed E-state index contributed by atoms with van der Waals surface area (Å²) >= 11 is 0. The van der Waals surface area contributed by atoms with Gasteiger partial charge in [0, 0.05) is 36.5 Å². The Morgan fingerprint density at radius 2 is 2.21 bits per heavy atom. The molecule has 0 radical (unpaired) electrons. The van der Waals surface area contributed by atoms with Gasteiger partial charge >= 0.3 is 5.97 Å². The largest absolute Gasteiger partial charge is 0.469 e. The van der Waals surface area contributed by atoms with E-state index in [4.69, 9.17) is 4.74 Å². The van der Waals surface area contributed by atoms with Crippen molar-refractivity contribution in [1.29, 1.82) is 0 Å². The lowest BCUT2D eigenvalue weighted by Crippen LogP contribution is -2.48. The first-order valence-corrected chi connectivity index (χ1v) is 8.66. The van der Waals surface area contributed by atoms with E-state index in [1.165, 1.54) is 13.2 Å². The summed E-state index contributed by atoms with van der Waals surface area (Å²) in [7, 11) is 1.42. The number of nitrogens with one attached hydrogen (secondary N) is 2. The summed E-state index contributed by atoms with van der Waals surface area (Å²) in [5.74, 6) is -0.00490. The fourth-order valence-electron chi connectivity index (χ4n) is 3.88. The van der Waals surface area contributed by atoms with Crippen LogP contribution in [0.2, 0.25) is 0 Å². The molecule has 3 rings (SSSR count). The van der Waals surface area contributed by atoms with Crippen LogP contribution in [0.25, 0.3) is 0 Å². The molecule has 2 aliphatic heterocycles. The number of esters is 1. The van der Waals surface area contributed by atoms with E-state index in [0.717, 1.165) is 31.5 Å². The Labute approximate surface area is 142 Å². The summed E-state index contributed by atoms with van der Waals surface area (Å²) in [6.45, 7) is 4.03. The second-order valence-corrected chi connectivity index (χ2v) is 6.81. The quantitative estimate of drug-likeness (QED) is 0.806. The van der Waals surface area contributed by atoms with Crippen LogP contribution in [-0.2, 0) is 9.53 Å². The van der Waals surface area contributed by atoms with Gasteiger partial charge in [-0.3, -0.25) is 10.2 Å². The predicted octanol–water partition coefficient (Wildman–Crippen LogP) is 2.01. The van der Waals surface area contributed by atoms with E-state index in [-0.39, 0.29) is 17.8 Å². The first kappa shape index (κ1) is 17.3. The molecule has 6 heteroatoms. The van der Waals surface area contributed by atoms with Crippen LogP contribution in [0.3, 0.4) is 0 Å². The summed E-state index contributed by atoms with van der Waals surface area (Å²) in [6, 6.07) is 7.63. The van der Waals surface area contributed by atoms with Crippen LogP contribution >= 0.6 is 0 Å². The minimum absolute atomic E-state index is 0.0215. The topological polar surface area (TPSA) is 53.6 Å². The molecule has 0 amide bonds. The number of benzene rings is 1. The third-order valence-corrected chi connectivity index (χ3v) is 5.40. The molecule has 2 heterocycles. The number of rotatable bonds is 5.